The van der Waals surface area contributed by atoms with Crippen molar-refractivity contribution in [2.45, 2.75) is 11.4 Å². The Morgan fingerprint density at radius 1 is 1.35 bits per heavy atom. The number of nitrogens with two attached hydrogens (primary N) is 1. The predicted octanol–water partition coefficient (Wildman–Crippen LogP) is 1.25. The van der Waals surface area contributed by atoms with Crippen LogP contribution >= 0.6 is 0 Å². The van der Waals surface area contributed by atoms with Crippen LogP contribution in [0.2, 0.25) is 0 Å². The van der Waals surface area contributed by atoms with Gasteiger partial charge < -0.3 is 10.2 Å². The Labute approximate surface area is 114 Å². The Kier molecular flexibility index (Phi) is 3.72. The number of nitro benzene ring substituents is 1. The highest BCUT2D eigenvalue weighted by molar-refractivity contribution is 7.89. The van der Waals surface area contributed by atoms with Crippen molar-refractivity contribution in [3.8, 4) is 0 Å². The lowest BCUT2D eigenvalue weighted by molar-refractivity contribution is -0.383. The summed E-state index contributed by atoms with van der Waals surface area (Å²) in [7, 11) is -3.81. The minimum Gasteiger partial charge on any atom is -0.468 e. The van der Waals surface area contributed by atoms with Crippen molar-refractivity contribution in [3.63, 3.8) is 0 Å². The molecular formula is C11H11N3O5S. The molecule has 0 bridgehead atoms. The van der Waals surface area contributed by atoms with E-state index in [0.29, 0.717) is 5.76 Å². The Hall–Kier alpha value is -2.39. The number of nitrogens with one attached hydrogen (secondary N) is 1. The van der Waals surface area contributed by atoms with Gasteiger partial charge in [-0.05, 0) is 24.3 Å². The Bertz CT molecular complexity index is 725. The lowest BCUT2D eigenvalue weighted by atomic mass is 10.3. The molecule has 0 aliphatic heterocycles. The largest absolute Gasteiger partial charge is 0.468 e. The minimum atomic E-state index is -3.81. The van der Waals surface area contributed by atoms with Gasteiger partial charge in [-0.15, -0.1) is 0 Å². The van der Waals surface area contributed by atoms with Gasteiger partial charge in [0.2, 0.25) is 10.0 Å². The Morgan fingerprint density at radius 2 is 2.10 bits per heavy atom. The lowest BCUT2D eigenvalue weighted by Gasteiger charge is -2.06. The van der Waals surface area contributed by atoms with Gasteiger partial charge in [0.25, 0.3) is 5.69 Å². The van der Waals surface area contributed by atoms with E-state index in [0.717, 1.165) is 18.2 Å². The molecule has 8 nitrogen and oxygen atoms in total. The average molecular weight is 297 g/mol. The molecule has 0 fully saturated rings. The van der Waals surface area contributed by atoms with Gasteiger partial charge in [0.15, 0.2) is 0 Å². The van der Waals surface area contributed by atoms with E-state index < -0.39 is 14.9 Å². The molecule has 0 atom stereocenters. The smallest absolute Gasteiger partial charge is 0.292 e. The van der Waals surface area contributed by atoms with Crippen molar-refractivity contribution < 1.29 is 17.8 Å². The Balaban J connectivity index is 2.21. The van der Waals surface area contributed by atoms with Crippen molar-refractivity contribution in [2.75, 3.05) is 5.73 Å². The molecule has 0 saturated heterocycles. The summed E-state index contributed by atoms with van der Waals surface area (Å²) in [6.45, 7) is -0.0216. The van der Waals surface area contributed by atoms with Gasteiger partial charge in [0.05, 0.1) is 22.6 Å². The first-order valence-electron chi connectivity index (χ1n) is 5.46. The van der Waals surface area contributed by atoms with Gasteiger partial charge in [-0.2, -0.15) is 0 Å². The van der Waals surface area contributed by atoms with Gasteiger partial charge in [-0.3, -0.25) is 10.1 Å². The van der Waals surface area contributed by atoms with Crippen LogP contribution in [0.25, 0.3) is 0 Å². The number of nitrogens with zero attached hydrogens (tertiary/aromatic N) is 1. The number of benzene rings is 1. The average Bonchev–Trinajstić information content (AvgIpc) is 2.89. The molecule has 9 heteroatoms. The maximum atomic E-state index is 12.0. The molecule has 1 aromatic heterocycles. The molecule has 1 heterocycles. The molecule has 20 heavy (non-hydrogen) atoms. The van der Waals surface area contributed by atoms with E-state index in [4.69, 9.17) is 10.2 Å². The second kappa shape index (κ2) is 5.31. The van der Waals surface area contributed by atoms with Crippen molar-refractivity contribution in [2.24, 2.45) is 0 Å². The molecule has 0 unspecified atom stereocenters. The standard InChI is InChI=1S/C11H11N3O5S/c12-10-6-9(3-4-11(10)14(15)16)20(17,18)13-7-8-2-1-5-19-8/h1-6,13H,7,12H2. The zero-order chi connectivity index (χ0) is 14.8. The van der Waals surface area contributed by atoms with E-state index in [1.54, 1.807) is 12.1 Å². The number of nitrogen functional groups attached to an aromatic ring is 1. The van der Waals surface area contributed by atoms with E-state index in [1.165, 1.54) is 6.26 Å². The molecule has 0 aliphatic rings. The summed E-state index contributed by atoms with van der Waals surface area (Å²) in [5.41, 5.74) is 4.91. The van der Waals surface area contributed by atoms with Gasteiger partial charge in [0, 0.05) is 6.07 Å². The van der Waals surface area contributed by atoms with Crippen molar-refractivity contribution in [3.05, 3.63) is 52.5 Å². The third kappa shape index (κ3) is 2.95. The van der Waals surface area contributed by atoms with Crippen LogP contribution in [0.15, 0.2) is 45.9 Å². The normalized spacial score (nSPS) is 11.4. The number of sulfonamides is 1. The van der Waals surface area contributed by atoms with Crippen LogP contribution in [0.1, 0.15) is 5.76 Å². The number of hydrogen-bond donors (Lipinski definition) is 2. The molecule has 0 spiro atoms. The van der Waals surface area contributed by atoms with Gasteiger partial charge in [-0.25, -0.2) is 13.1 Å². The van der Waals surface area contributed by atoms with Gasteiger partial charge in [-0.1, -0.05) is 0 Å². The zero-order valence-corrected chi connectivity index (χ0v) is 11.0. The maximum Gasteiger partial charge on any atom is 0.292 e. The lowest BCUT2D eigenvalue weighted by Crippen LogP contribution is -2.23. The number of furan rings is 1. The molecule has 1 aromatic carbocycles. The molecule has 0 radical (unpaired) electrons. The quantitative estimate of drug-likeness (QED) is 0.485. The molecular weight excluding hydrogens is 286 g/mol. The van der Waals surface area contributed by atoms with Crippen molar-refractivity contribution in [1.82, 2.24) is 4.72 Å². The predicted molar refractivity (Wildman–Crippen MR) is 70.2 cm³/mol. The number of hydrogen-bond acceptors (Lipinski definition) is 6. The summed E-state index contributed by atoms with van der Waals surface area (Å²) in [6, 6.07) is 6.47. The summed E-state index contributed by atoms with van der Waals surface area (Å²) in [4.78, 5) is 9.79. The fourth-order valence-electron chi connectivity index (χ4n) is 1.53. The van der Waals surface area contributed by atoms with Crippen LogP contribution in [0.5, 0.6) is 0 Å². The third-order valence-corrected chi connectivity index (χ3v) is 3.92. The fraction of sp³-hybridized carbons (Fsp3) is 0.0909. The van der Waals surface area contributed by atoms with Crippen LogP contribution in [-0.4, -0.2) is 13.3 Å². The van der Waals surface area contributed by atoms with E-state index >= 15 is 0 Å². The van der Waals surface area contributed by atoms with Crippen LogP contribution in [0, 0.1) is 10.1 Å². The van der Waals surface area contributed by atoms with Crippen LogP contribution in [-0.2, 0) is 16.6 Å². The first-order chi connectivity index (χ1) is 9.40. The summed E-state index contributed by atoms with van der Waals surface area (Å²) >= 11 is 0. The minimum absolute atomic E-state index is 0.0216. The van der Waals surface area contributed by atoms with E-state index in [1.807, 2.05) is 0 Å². The Morgan fingerprint density at radius 3 is 2.65 bits per heavy atom. The molecule has 2 rings (SSSR count). The highest BCUT2D eigenvalue weighted by Gasteiger charge is 2.19. The molecule has 3 N–H and O–H groups in total. The van der Waals surface area contributed by atoms with E-state index in [9.17, 15) is 18.5 Å². The SMILES string of the molecule is Nc1cc(S(=O)(=O)NCc2ccco2)ccc1[N+](=O)[O-]. The molecule has 106 valence electrons. The highest BCUT2D eigenvalue weighted by Crippen LogP contribution is 2.24. The fourth-order valence-corrected chi connectivity index (χ4v) is 2.56. The first kappa shape index (κ1) is 14.0. The summed E-state index contributed by atoms with van der Waals surface area (Å²) in [6.07, 6.45) is 1.42. The topological polar surface area (TPSA) is 128 Å². The maximum absolute atomic E-state index is 12.0. The summed E-state index contributed by atoms with van der Waals surface area (Å²) in [5, 5.41) is 10.6. The monoisotopic (exact) mass is 297 g/mol. The van der Waals surface area contributed by atoms with Gasteiger partial charge >= 0.3 is 0 Å². The second-order valence-corrected chi connectivity index (χ2v) is 5.65. The summed E-state index contributed by atoms with van der Waals surface area (Å²) in [5.74, 6) is 0.448. The summed E-state index contributed by atoms with van der Waals surface area (Å²) < 4.78 is 31.3. The van der Waals surface area contributed by atoms with Crippen molar-refractivity contribution in [1.29, 1.82) is 0 Å². The van der Waals surface area contributed by atoms with Crippen LogP contribution < -0.4 is 10.5 Å². The van der Waals surface area contributed by atoms with E-state index in [2.05, 4.69) is 4.72 Å². The zero-order valence-electron chi connectivity index (χ0n) is 10.1. The van der Waals surface area contributed by atoms with Crippen LogP contribution in [0.3, 0.4) is 0 Å². The molecule has 0 saturated carbocycles. The number of anilines is 1. The number of rotatable bonds is 5. The van der Waals surface area contributed by atoms with E-state index in [-0.39, 0.29) is 22.8 Å². The second-order valence-electron chi connectivity index (χ2n) is 3.88. The molecule has 0 aliphatic carbocycles. The number of nitro groups is 1. The highest BCUT2D eigenvalue weighted by atomic mass is 32.2. The van der Waals surface area contributed by atoms with Crippen molar-refractivity contribution >= 4 is 21.4 Å². The van der Waals surface area contributed by atoms with Gasteiger partial charge in [0.1, 0.15) is 11.4 Å². The first-order valence-corrected chi connectivity index (χ1v) is 6.94. The third-order valence-electron chi connectivity index (χ3n) is 2.52. The molecule has 0 amide bonds. The molecule has 2 aromatic rings. The van der Waals surface area contributed by atoms with Crippen LogP contribution in [0.4, 0.5) is 11.4 Å².